The first-order chi connectivity index (χ1) is 11.5. The average Bonchev–Trinajstić information content (AvgIpc) is 2.71. The highest BCUT2D eigenvalue weighted by Crippen LogP contribution is 2.32. The number of hydrogen-bond donors (Lipinski definition) is 1. The largest absolute Gasteiger partial charge is 0.326 e. The molecule has 6 heteroatoms. The van der Waals surface area contributed by atoms with Crippen molar-refractivity contribution in [2.45, 2.75) is 50.6 Å². The van der Waals surface area contributed by atoms with Gasteiger partial charge in [0.1, 0.15) is 11.4 Å². The van der Waals surface area contributed by atoms with Gasteiger partial charge in [0.05, 0.1) is 6.67 Å². The molecule has 1 spiro atoms. The SMILES string of the molecule is CN(Cc1cccc(F)c1)CN1C(=O)NC2(CCCCCC2)C1=O. The molecule has 130 valence electrons. The van der Waals surface area contributed by atoms with Crippen molar-refractivity contribution in [2.24, 2.45) is 0 Å². The first kappa shape index (κ1) is 16.9. The maximum Gasteiger partial charge on any atom is 0.326 e. The van der Waals surface area contributed by atoms with Gasteiger partial charge in [-0.1, -0.05) is 37.8 Å². The molecule has 0 bridgehead atoms. The number of urea groups is 1. The zero-order valence-corrected chi connectivity index (χ0v) is 14.1. The molecule has 1 saturated carbocycles. The third kappa shape index (κ3) is 3.43. The van der Waals surface area contributed by atoms with E-state index in [9.17, 15) is 14.0 Å². The van der Waals surface area contributed by atoms with Crippen molar-refractivity contribution in [2.75, 3.05) is 13.7 Å². The third-order valence-electron chi connectivity index (χ3n) is 4.93. The molecule has 1 heterocycles. The Hall–Kier alpha value is -1.95. The van der Waals surface area contributed by atoms with Crippen LogP contribution in [0.3, 0.4) is 0 Å². The Bertz CT molecular complexity index is 626. The summed E-state index contributed by atoms with van der Waals surface area (Å²) < 4.78 is 13.3. The minimum absolute atomic E-state index is 0.111. The van der Waals surface area contributed by atoms with E-state index in [4.69, 9.17) is 0 Å². The van der Waals surface area contributed by atoms with E-state index in [1.807, 2.05) is 18.0 Å². The molecule has 3 rings (SSSR count). The molecule has 0 unspecified atom stereocenters. The first-order valence-electron chi connectivity index (χ1n) is 8.57. The van der Waals surface area contributed by atoms with Gasteiger partial charge in [0, 0.05) is 6.54 Å². The van der Waals surface area contributed by atoms with Crippen LogP contribution in [0.2, 0.25) is 0 Å². The molecule has 0 aromatic heterocycles. The number of halogens is 1. The molecule has 1 aliphatic carbocycles. The van der Waals surface area contributed by atoms with E-state index in [2.05, 4.69) is 5.32 Å². The van der Waals surface area contributed by atoms with Crippen molar-refractivity contribution in [3.63, 3.8) is 0 Å². The molecule has 2 fully saturated rings. The number of benzene rings is 1. The topological polar surface area (TPSA) is 52.6 Å². The van der Waals surface area contributed by atoms with E-state index >= 15 is 0 Å². The number of amides is 3. The Kier molecular flexibility index (Phi) is 4.85. The second-order valence-electron chi connectivity index (χ2n) is 6.95. The zero-order chi connectivity index (χ0) is 17.2. The van der Waals surface area contributed by atoms with Crippen molar-refractivity contribution >= 4 is 11.9 Å². The van der Waals surface area contributed by atoms with Crippen LogP contribution in [-0.2, 0) is 11.3 Å². The number of imide groups is 1. The Morgan fingerprint density at radius 1 is 1.21 bits per heavy atom. The van der Waals surface area contributed by atoms with E-state index < -0.39 is 5.54 Å². The fraction of sp³-hybridized carbons (Fsp3) is 0.556. The van der Waals surface area contributed by atoms with Crippen LogP contribution in [0.1, 0.15) is 44.1 Å². The normalized spacial score (nSPS) is 20.5. The molecule has 5 nitrogen and oxygen atoms in total. The number of hydrogen-bond acceptors (Lipinski definition) is 3. The smallest absolute Gasteiger partial charge is 0.323 e. The first-order valence-corrected chi connectivity index (χ1v) is 8.57. The van der Waals surface area contributed by atoms with Crippen LogP contribution in [0.5, 0.6) is 0 Å². The lowest BCUT2D eigenvalue weighted by Gasteiger charge is -2.26. The highest BCUT2D eigenvalue weighted by molar-refractivity contribution is 6.07. The number of nitrogens with one attached hydrogen (secondary N) is 1. The molecular formula is C18H24FN3O2. The predicted molar refractivity (Wildman–Crippen MR) is 88.5 cm³/mol. The summed E-state index contributed by atoms with van der Waals surface area (Å²) in [5.74, 6) is -0.395. The third-order valence-corrected chi connectivity index (χ3v) is 4.93. The van der Waals surface area contributed by atoms with E-state index in [0.717, 1.165) is 44.1 Å². The molecule has 1 saturated heterocycles. The van der Waals surface area contributed by atoms with Crippen LogP contribution in [0.15, 0.2) is 24.3 Å². The van der Waals surface area contributed by atoms with Gasteiger partial charge < -0.3 is 5.32 Å². The molecule has 2 aliphatic rings. The van der Waals surface area contributed by atoms with Gasteiger partial charge in [0.25, 0.3) is 5.91 Å². The van der Waals surface area contributed by atoms with Crippen molar-refractivity contribution in [3.8, 4) is 0 Å². The lowest BCUT2D eigenvalue weighted by Crippen LogP contribution is -2.47. The van der Waals surface area contributed by atoms with Crippen LogP contribution >= 0.6 is 0 Å². The molecule has 1 aromatic rings. The van der Waals surface area contributed by atoms with E-state index in [1.165, 1.54) is 17.0 Å². The summed E-state index contributed by atoms with van der Waals surface area (Å²) in [6.07, 6.45) is 5.62. The Morgan fingerprint density at radius 3 is 2.58 bits per heavy atom. The number of carbonyl (C=O) groups is 2. The van der Waals surface area contributed by atoms with E-state index in [1.54, 1.807) is 6.07 Å². The van der Waals surface area contributed by atoms with Gasteiger partial charge in [-0.05, 0) is 37.6 Å². The fourth-order valence-corrected chi connectivity index (χ4v) is 3.71. The Morgan fingerprint density at radius 2 is 1.92 bits per heavy atom. The van der Waals surface area contributed by atoms with Gasteiger partial charge in [-0.15, -0.1) is 0 Å². The Balaban J connectivity index is 1.66. The molecule has 1 aromatic carbocycles. The summed E-state index contributed by atoms with van der Waals surface area (Å²) in [6, 6.07) is 6.05. The van der Waals surface area contributed by atoms with Crippen LogP contribution in [0.25, 0.3) is 0 Å². The van der Waals surface area contributed by atoms with Gasteiger partial charge in [0.15, 0.2) is 0 Å². The molecule has 1 N–H and O–H groups in total. The van der Waals surface area contributed by atoms with Crippen LogP contribution in [0, 0.1) is 5.82 Å². The van der Waals surface area contributed by atoms with Gasteiger partial charge >= 0.3 is 6.03 Å². The minimum atomic E-state index is -0.701. The van der Waals surface area contributed by atoms with Gasteiger partial charge in [-0.3, -0.25) is 9.69 Å². The monoisotopic (exact) mass is 333 g/mol. The van der Waals surface area contributed by atoms with Crippen LogP contribution in [-0.4, -0.2) is 41.0 Å². The summed E-state index contributed by atoms with van der Waals surface area (Å²) in [5, 5.41) is 2.94. The van der Waals surface area contributed by atoms with Crippen molar-refractivity contribution < 1.29 is 14.0 Å². The van der Waals surface area contributed by atoms with Gasteiger partial charge in [-0.25, -0.2) is 14.1 Å². The average molecular weight is 333 g/mol. The van der Waals surface area contributed by atoms with Crippen LogP contribution in [0.4, 0.5) is 9.18 Å². The van der Waals surface area contributed by atoms with E-state index in [0.29, 0.717) is 6.54 Å². The van der Waals surface area contributed by atoms with Crippen LogP contribution < -0.4 is 5.32 Å². The van der Waals surface area contributed by atoms with Crippen molar-refractivity contribution in [1.82, 2.24) is 15.1 Å². The molecule has 1 aliphatic heterocycles. The highest BCUT2D eigenvalue weighted by Gasteiger charge is 2.50. The standard InChI is InChI=1S/C18H24FN3O2/c1-21(12-14-7-6-8-15(19)11-14)13-22-16(23)18(20-17(22)24)9-4-2-3-5-10-18/h6-8,11H,2-5,9-10,12-13H2,1H3,(H,20,24). The fourth-order valence-electron chi connectivity index (χ4n) is 3.71. The molecule has 3 amide bonds. The summed E-state index contributed by atoms with van der Waals surface area (Å²) >= 11 is 0. The van der Waals surface area contributed by atoms with Crippen molar-refractivity contribution in [3.05, 3.63) is 35.6 Å². The van der Waals surface area contributed by atoms with Gasteiger partial charge in [-0.2, -0.15) is 0 Å². The summed E-state index contributed by atoms with van der Waals surface area (Å²) in [7, 11) is 1.82. The lowest BCUT2D eigenvalue weighted by atomic mass is 9.90. The molecule has 24 heavy (non-hydrogen) atoms. The zero-order valence-electron chi connectivity index (χ0n) is 14.1. The molecule has 0 radical (unpaired) electrons. The number of rotatable bonds is 4. The number of nitrogens with zero attached hydrogens (tertiary/aromatic N) is 2. The summed E-state index contributed by atoms with van der Waals surface area (Å²) in [4.78, 5) is 28.3. The highest BCUT2D eigenvalue weighted by atomic mass is 19.1. The molecule has 0 atom stereocenters. The Labute approximate surface area is 141 Å². The summed E-state index contributed by atoms with van der Waals surface area (Å²) in [6.45, 7) is 0.685. The summed E-state index contributed by atoms with van der Waals surface area (Å²) in [5.41, 5.74) is 0.113. The second kappa shape index (κ2) is 6.89. The van der Waals surface area contributed by atoms with Gasteiger partial charge in [0.2, 0.25) is 0 Å². The predicted octanol–water partition coefficient (Wildman–Crippen LogP) is 2.86. The quantitative estimate of drug-likeness (QED) is 0.862. The van der Waals surface area contributed by atoms with Crippen molar-refractivity contribution in [1.29, 1.82) is 0 Å². The maximum atomic E-state index is 13.3. The second-order valence-corrected chi connectivity index (χ2v) is 6.95. The number of carbonyl (C=O) groups excluding carboxylic acids is 2. The molecular weight excluding hydrogens is 309 g/mol. The minimum Gasteiger partial charge on any atom is -0.323 e. The lowest BCUT2D eigenvalue weighted by molar-refractivity contribution is -0.133. The maximum absolute atomic E-state index is 13.3. The van der Waals surface area contributed by atoms with E-state index in [-0.39, 0.29) is 24.4 Å².